The highest BCUT2D eigenvalue weighted by molar-refractivity contribution is 7.33. The Labute approximate surface area is 625 Å². The fourth-order valence-corrected chi connectivity index (χ4v) is 18.5. The van der Waals surface area contributed by atoms with Crippen LogP contribution in [0.25, 0.3) is 137 Å². The van der Waals surface area contributed by atoms with E-state index >= 15 is 0 Å². The number of nitrogens with one attached hydrogen (secondary N) is 1. The maximum Gasteiger partial charge on any atom is 0.264 e. The van der Waals surface area contributed by atoms with Crippen molar-refractivity contribution >= 4 is 126 Å². The third-order valence-electron chi connectivity index (χ3n) is 22.6. The van der Waals surface area contributed by atoms with Gasteiger partial charge in [0.15, 0.2) is 0 Å². The molecule has 0 spiro atoms. The largest absolute Gasteiger partial charge is 0.356 e. The predicted molar refractivity (Wildman–Crippen MR) is 456 cm³/mol. The van der Waals surface area contributed by atoms with Crippen molar-refractivity contribution in [2.45, 2.75) is 105 Å². The van der Waals surface area contributed by atoms with Crippen LogP contribution in [0.4, 0.5) is 28.4 Å². The van der Waals surface area contributed by atoms with Gasteiger partial charge in [-0.1, -0.05) is 289 Å². The summed E-state index contributed by atoms with van der Waals surface area (Å²) in [7, 11) is 0. The second-order valence-corrected chi connectivity index (χ2v) is 34.5. The number of anilines is 5. The molecule has 0 saturated heterocycles. The molecule has 2 aromatic heterocycles. The maximum atomic E-state index is 11.4. The average molecular weight is 1370 g/mol. The standard InChI is InChI=1S/C100H84BN3S/c1-97(2,3)70-45-47-75-87(57-70)105-96-95(75)104(94-78(62-32-21-15-22-33-62)55-72(99(7,8)9)56-79(94)63-34-23-16-24-35-63)86-59-81(100(10,11)12)91(90-76(60-28-17-13-18-29-60)53-71(98(4,5)6)54-77(90)61-30-19-14-20-31-61)93-92(86)101(96)82-48-46-73(58-83(82)102-93)103-84-39-26-25-38-74(84)80-52-66(44-49-85(80)103)69-50-67-42-40-64-36-27-37-65-41-43-68(51-69)89(67)88(64)65/h13-59,102H,1-12H3/i46D,48D,58D. The van der Waals surface area contributed by atoms with Crippen LogP contribution in [0.3, 0.4) is 0 Å². The molecule has 0 bridgehead atoms. The van der Waals surface area contributed by atoms with Gasteiger partial charge in [0.2, 0.25) is 0 Å². The molecule has 0 saturated carbocycles. The molecule has 0 unspecified atom stereocenters. The van der Waals surface area contributed by atoms with Gasteiger partial charge in [-0.15, -0.1) is 11.3 Å². The number of fused-ring (bicyclic) bond motifs is 9. The highest BCUT2D eigenvalue weighted by Gasteiger charge is 2.47. The number of rotatable bonds is 8. The smallest absolute Gasteiger partial charge is 0.264 e. The van der Waals surface area contributed by atoms with Crippen molar-refractivity contribution in [1.29, 1.82) is 0 Å². The van der Waals surface area contributed by atoms with Gasteiger partial charge in [-0.05, 0) is 216 Å². The third-order valence-corrected chi connectivity index (χ3v) is 23.8. The zero-order valence-corrected chi connectivity index (χ0v) is 62.6. The van der Waals surface area contributed by atoms with Crippen LogP contribution in [0.1, 0.15) is 109 Å². The molecular formula is C100H84BN3S. The molecule has 0 fully saturated rings. The van der Waals surface area contributed by atoms with Gasteiger partial charge in [-0.25, -0.2) is 0 Å². The summed E-state index contributed by atoms with van der Waals surface area (Å²) in [5.41, 5.74) is 25.0. The first-order chi connectivity index (χ1) is 51.9. The van der Waals surface area contributed by atoms with E-state index in [9.17, 15) is 4.11 Å². The molecule has 3 nitrogen and oxygen atoms in total. The van der Waals surface area contributed by atoms with Crippen molar-refractivity contribution in [3.63, 3.8) is 0 Å². The molecule has 15 aromatic carbocycles. The van der Waals surface area contributed by atoms with Gasteiger partial charge in [0.05, 0.1) is 26.5 Å². The number of thiophene rings is 1. The lowest BCUT2D eigenvalue weighted by molar-refractivity contribution is 0.590. The molecule has 0 amide bonds. The van der Waals surface area contributed by atoms with Gasteiger partial charge >= 0.3 is 0 Å². The van der Waals surface area contributed by atoms with Crippen molar-refractivity contribution in [2.24, 2.45) is 0 Å². The number of aromatic nitrogens is 1. The Bertz CT molecular complexity index is 6400. The summed E-state index contributed by atoms with van der Waals surface area (Å²) < 4.78 is 37.8. The van der Waals surface area contributed by atoms with Crippen LogP contribution in [-0.4, -0.2) is 11.3 Å². The summed E-state index contributed by atoms with van der Waals surface area (Å²) in [6.07, 6.45) is 0. The zero-order valence-electron chi connectivity index (χ0n) is 64.8. The normalized spacial score (nSPS) is 13.6. The molecule has 4 heterocycles. The topological polar surface area (TPSA) is 20.2 Å². The number of nitrogens with zero attached hydrogens (tertiary/aromatic N) is 2. The first kappa shape index (κ1) is 61.3. The molecule has 0 radical (unpaired) electrons. The Kier molecular flexibility index (Phi) is 13.8. The van der Waals surface area contributed by atoms with Crippen LogP contribution >= 0.6 is 11.3 Å². The highest BCUT2D eigenvalue weighted by atomic mass is 32.1. The molecule has 2 aliphatic heterocycles. The van der Waals surface area contributed by atoms with E-state index in [2.05, 4.69) is 365 Å². The second kappa shape index (κ2) is 23.6. The van der Waals surface area contributed by atoms with Crippen LogP contribution in [-0.2, 0) is 21.7 Å². The lowest BCUT2D eigenvalue weighted by Gasteiger charge is -2.43. The summed E-state index contributed by atoms with van der Waals surface area (Å²) in [6.45, 7) is 27.3. The zero-order chi connectivity index (χ0) is 74.4. The number of hydrogen-bond acceptors (Lipinski definition) is 3. The van der Waals surface area contributed by atoms with E-state index in [0.717, 1.165) is 137 Å². The Balaban J connectivity index is 0.959. The Morgan fingerprint density at radius 2 is 0.895 bits per heavy atom. The number of hydrogen-bond donors (Lipinski definition) is 1. The molecule has 5 heteroatoms. The maximum absolute atomic E-state index is 11.4. The van der Waals surface area contributed by atoms with Gasteiger partial charge in [0.1, 0.15) is 0 Å². The van der Waals surface area contributed by atoms with E-state index < -0.39 is 12.1 Å². The summed E-state index contributed by atoms with van der Waals surface area (Å²) in [6, 6.07) is 98.9. The molecule has 1 N–H and O–H groups in total. The monoisotopic (exact) mass is 1370 g/mol. The minimum atomic E-state index is -0.633. The Hall–Kier alpha value is -11.2. The van der Waals surface area contributed by atoms with Crippen LogP contribution in [0.2, 0.25) is 0 Å². The summed E-state index contributed by atoms with van der Waals surface area (Å²) >= 11 is 1.80. The van der Waals surface area contributed by atoms with E-state index in [1.165, 1.54) is 49.0 Å². The SMILES string of the molecule is [2H]c1c([2H])c(-n2c3ccccc3c3cc(-c4cc5ccc6cccc7ccc(c4)c5c67)ccc32)c([2H])c2c1B1c3sc4cc(C(C)(C)C)ccc4c3N(c3c(-c4ccccc4)cc(C(C)(C)C)cc3-c3ccccc3)c3cc(C(C)(C)C)c(-c4c(-c5ccccc5)cc(C(C)(C)C)cc4-c4ccccc4)c(c31)N2. The summed E-state index contributed by atoms with van der Waals surface area (Å²) in [5.74, 6) is 0. The quantitative estimate of drug-likeness (QED) is 0.121. The fourth-order valence-electron chi connectivity index (χ4n) is 17.2. The number of benzene rings is 15. The van der Waals surface area contributed by atoms with Crippen LogP contribution in [0.5, 0.6) is 0 Å². The molecule has 19 rings (SSSR count). The molecule has 0 atom stereocenters. The van der Waals surface area contributed by atoms with Gasteiger partial charge in [-0.2, -0.15) is 0 Å². The van der Waals surface area contributed by atoms with Crippen LogP contribution in [0.15, 0.2) is 285 Å². The highest BCUT2D eigenvalue weighted by Crippen LogP contribution is 2.58. The lowest BCUT2D eigenvalue weighted by Crippen LogP contribution is -2.59. The number of para-hydroxylation sites is 1. The van der Waals surface area contributed by atoms with Gasteiger partial charge in [-0.3, -0.25) is 0 Å². The third kappa shape index (κ3) is 10.4. The van der Waals surface area contributed by atoms with Crippen molar-refractivity contribution < 1.29 is 4.11 Å². The van der Waals surface area contributed by atoms with E-state index in [-0.39, 0.29) is 34.4 Å². The lowest BCUT2D eigenvalue weighted by atomic mass is 9.36. The van der Waals surface area contributed by atoms with Crippen molar-refractivity contribution in [2.75, 3.05) is 10.2 Å². The Morgan fingerprint density at radius 3 is 1.46 bits per heavy atom. The summed E-state index contributed by atoms with van der Waals surface area (Å²) in [5, 5.41) is 14.9. The fraction of sp³-hybridized carbons (Fsp3) is 0.160. The molecule has 508 valence electrons. The average Bonchev–Trinajstić information content (AvgIpc) is 1.23. The van der Waals surface area contributed by atoms with E-state index in [1.54, 1.807) is 11.3 Å². The van der Waals surface area contributed by atoms with E-state index in [0.29, 0.717) is 16.8 Å². The van der Waals surface area contributed by atoms with Crippen molar-refractivity contribution in [3.8, 4) is 72.4 Å². The minimum absolute atomic E-state index is 0.00179. The van der Waals surface area contributed by atoms with Gasteiger partial charge < -0.3 is 14.8 Å². The van der Waals surface area contributed by atoms with Crippen molar-refractivity contribution in [1.82, 2.24) is 4.57 Å². The van der Waals surface area contributed by atoms with Gasteiger partial charge in [0.25, 0.3) is 6.71 Å². The molecule has 2 aliphatic rings. The predicted octanol–water partition coefficient (Wildman–Crippen LogP) is 26.4. The molecular weight excluding hydrogens is 1290 g/mol. The molecule has 105 heavy (non-hydrogen) atoms. The van der Waals surface area contributed by atoms with E-state index in [1.807, 2.05) is 0 Å². The first-order valence-electron chi connectivity index (χ1n) is 38.7. The van der Waals surface area contributed by atoms with Gasteiger partial charge in [0, 0.05) is 65.1 Å². The molecule has 17 aromatic rings. The summed E-state index contributed by atoms with van der Waals surface area (Å²) in [4.78, 5) is 2.64. The Morgan fingerprint density at radius 1 is 0.381 bits per heavy atom. The van der Waals surface area contributed by atoms with Crippen molar-refractivity contribution in [3.05, 3.63) is 307 Å². The van der Waals surface area contributed by atoms with E-state index in [4.69, 9.17) is 0 Å². The van der Waals surface area contributed by atoms with Crippen LogP contribution in [0, 0.1) is 0 Å². The second-order valence-electron chi connectivity index (χ2n) is 33.5. The molecule has 0 aliphatic carbocycles. The minimum Gasteiger partial charge on any atom is -0.356 e. The van der Waals surface area contributed by atoms with Crippen LogP contribution < -0.4 is 25.9 Å². The first-order valence-corrected chi connectivity index (χ1v) is 38.0.